The number of carbonyl (C=O) groups is 2. The molecule has 0 fully saturated rings. The fraction of sp³-hybridized carbons (Fsp3) is 0.292. The number of nitrogens with zero attached hydrogens (tertiary/aromatic N) is 2. The van der Waals surface area contributed by atoms with Gasteiger partial charge in [-0.05, 0) is 18.6 Å². The zero-order valence-electron chi connectivity index (χ0n) is 18.5. The fourth-order valence-corrected chi connectivity index (χ4v) is 3.98. The van der Waals surface area contributed by atoms with Crippen LogP contribution in [0.3, 0.4) is 0 Å². The largest absolute Gasteiger partial charge is 0.486 e. The number of carbonyl (C=O) groups excluding carboxylic acids is 2. The van der Waals surface area contributed by atoms with Gasteiger partial charge in [-0.2, -0.15) is 4.39 Å². The van der Waals surface area contributed by atoms with Crippen LogP contribution in [-0.4, -0.2) is 52.7 Å². The molecular weight excluding hydrogens is 448 g/mol. The molecule has 1 aliphatic heterocycles. The summed E-state index contributed by atoms with van der Waals surface area (Å²) < 4.78 is 35.1. The summed E-state index contributed by atoms with van der Waals surface area (Å²) in [4.78, 5) is 40.2. The van der Waals surface area contributed by atoms with E-state index in [0.29, 0.717) is 0 Å². The highest BCUT2D eigenvalue weighted by atomic mass is 19.2. The molecule has 0 saturated heterocycles. The monoisotopic (exact) mass is 471 g/mol. The second kappa shape index (κ2) is 9.22. The van der Waals surface area contributed by atoms with Crippen molar-refractivity contribution in [2.75, 3.05) is 20.3 Å². The number of aromatic nitrogens is 1. The maximum atomic E-state index is 14.2. The summed E-state index contributed by atoms with van der Waals surface area (Å²) in [5.74, 6) is -4.34. The Bertz CT molecular complexity index is 1330. The van der Waals surface area contributed by atoms with Gasteiger partial charge in [0.05, 0.1) is 23.6 Å². The van der Waals surface area contributed by atoms with Crippen LogP contribution in [0.1, 0.15) is 28.9 Å². The molecule has 8 nitrogen and oxygen atoms in total. The molecule has 10 heteroatoms. The standard InChI is InChI=1S/C24H23F2N3O5/c1-13-12-34-22-19(26)17(25)8-15-20(22)29(13)10-16(21(15)31)23(32)27-18(11-30)24(33)28(2)9-14-6-4-3-5-7-14/h3-8,10,13,18,30H,9,11-12H2,1-2H3,(H,27,32)/t13?,18-/m0/s1. The smallest absolute Gasteiger partial charge is 0.257 e. The lowest BCUT2D eigenvalue weighted by Gasteiger charge is -2.27. The number of ether oxygens (including phenoxy) is 1. The quantitative estimate of drug-likeness (QED) is 0.573. The number of nitrogens with one attached hydrogen (secondary N) is 1. The molecule has 2 amide bonds. The Morgan fingerprint density at radius 2 is 2.00 bits per heavy atom. The van der Waals surface area contributed by atoms with Crippen molar-refractivity contribution in [3.63, 3.8) is 0 Å². The highest BCUT2D eigenvalue weighted by Crippen LogP contribution is 2.35. The van der Waals surface area contributed by atoms with Crippen LogP contribution in [0, 0.1) is 11.6 Å². The Hall–Kier alpha value is -3.79. The predicted molar refractivity (Wildman–Crippen MR) is 120 cm³/mol. The van der Waals surface area contributed by atoms with Gasteiger partial charge in [-0.3, -0.25) is 14.4 Å². The van der Waals surface area contributed by atoms with E-state index in [1.165, 1.54) is 22.7 Å². The Morgan fingerprint density at radius 3 is 2.68 bits per heavy atom. The number of hydrogen-bond donors (Lipinski definition) is 2. The molecule has 2 N–H and O–H groups in total. The lowest BCUT2D eigenvalue weighted by atomic mass is 10.1. The highest BCUT2D eigenvalue weighted by molar-refractivity contribution is 6.00. The third-order valence-electron chi connectivity index (χ3n) is 5.78. The van der Waals surface area contributed by atoms with Gasteiger partial charge in [0.25, 0.3) is 5.91 Å². The average molecular weight is 471 g/mol. The number of likely N-dealkylation sites (N-methyl/N-ethyl adjacent to an activating group) is 1. The SMILES string of the molecule is CC1COc2c(F)c(F)cc3c(=O)c(C(=O)N[C@@H](CO)C(=O)N(C)Cc4ccccc4)cn1c23. The molecule has 1 unspecified atom stereocenters. The summed E-state index contributed by atoms with van der Waals surface area (Å²) in [6, 6.07) is 8.20. The van der Waals surface area contributed by atoms with E-state index in [-0.39, 0.29) is 41.4 Å². The molecule has 0 aliphatic carbocycles. The third kappa shape index (κ3) is 4.12. The first kappa shape index (κ1) is 23.4. The third-order valence-corrected chi connectivity index (χ3v) is 5.78. The van der Waals surface area contributed by atoms with E-state index in [1.807, 2.05) is 30.3 Å². The molecule has 0 saturated carbocycles. The molecule has 0 spiro atoms. The van der Waals surface area contributed by atoms with Gasteiger partial charge in [-0.1, -0.05) is 30.3 Å². The maximum Gasteiger partial charge on any atom is 0.257 e. The minimum absolute atomic E-state index is 0.00837. The normalized spacial score (nSPS) is 15.5. The minimum atomic E-state index is -1.31. The van der Waals surface area contributed by atoms with Crippen LogP contribution in [0.25, 0.3) is 10.9 Å². The Morgan fingerprint density at radius 1 is 1.29 bits per heavy atom. The Kier molecular flexibility index (Phi) is 6.34. The van der Waals surface area contributed by atoms with E-state index >= 15 is 0 Å². The zero-order valence-corrected chi connectivity index (χ0v) is 18.5. The number of rotatable bonds is 6. The van der Waals surface area contributed by atoms with Crippen LogP contribution in [0.2, 0.25) is 0 Å². The van der Waals surface area contributed by atoms with Crippen molar-refractivity contribution in [1.82, 2.24) is 14.8 Å². The van der Waals surface area contributed by atoms with Gasteiger partial charge < -0.3 is 24.6 Å². The van der Waals surface area contributed by atoms with Crippen molar-refractivity contribution in [1.29, 1.82) is 0 Å². The van der Waals surface area contributed by atoms with Crippen molar-refractivity contribution in [3.8, 4) is 5.75 Å². The van der Waals surface area contributed by atoms with E-state index in [4.69, 9.17) is 4.74 Å². The molecular formula is C24H23F2N3O5. The van der Waals surface area contributed by atoms with Crippen molar-refractivity contribution in [2.24, 2.45) is 0 Å². The van der Waals surface area contributed by atoms with E-state index in [2.05, 4.69) is 5.32 Å². The number of aliphatic hydroxyl groups is 1. The lowest BCUT2D eigenvalue weighted by Crippen LogP contribution is -2.50. The molecule has 0 bridgehead atoms. The van der Waals surface area contributed by atoms with Crippen LogP contribution in [-0.2, 0) is 11.3 Å². The molecule has 1 aromatic heterocycles. The van der Waals surface area contributed by atoms with Crippen LogP contribution in [0.15, 0.2) is 47.4 Å². The van der Waals surface area contributed by atoms with Crippen molar-refractivity contribution >= 4 is 22.7 Å². The van der Waals surface area contributed by atoms with Gasteiger partial charge in [0.15, 0.2) is 11.6 Å². The van der Waals surface area contributed by atoms with Crippen molar-refractivity contribution < 1.29 is 28.2 Å². The molecule has 2 heterocycles. The minimum Gasteiger partial charge on any atom is -0.486 e. The molecule has 0 radical (unpaired) electrons. The summed E-state index contributed by atoms with van der Waals surface area (Å²) in [5.41, 5.74) is -0.301. The fourth-order valence-electron chi connectivity index (χ4n) is 3.98. The van der Waals surface area contributed by atoms with Crippen LogP contribution < -0.4 is 15.5 Å². The molecule has 2 aromatic carbocycles. The van der Waals surface area contributed by atoms with E-state index in [9.17, 15) is 28.3 Å². The van der Waals surface area contributed by atoms with Crippen LogP contribution >= 0.6 is 0 Å². The summed E-state index contributed by atoms with van der Waals surface area (Å²) in [7, 11) is 1.53. The second-order valence-corrected chi connectivity index (χ2v) is 8.23. The van der Waals surface area contributed by atoms with E-state index in [1.54, 1.807) is 6.92 Å². The molecule has 2 atom stereocenters. The maximum absolute atomic E-state index is 14.2. The highest BCUT2D eigenvalue weighted by Gasteiger charge is 2.30. The number of benzene rings is 2. The number of amides is 2. The van der Waals surface area contributed by atoms with Gasteiger partial charge in [0, 0.05) is 19.8 Å². The second-order valence-electron chi connectivity index (χ2n) is 8.23. The first-order valence-corrected chi connectivity index (χ1v) is 10.6. The van der Waals surface area contributed by atoms with Crippen molar-refractivity contribution in [3.05, 3.63) is 75.6 Å². The lowest BCUT2D eigenvalue weighted by molar-refractivity contribution is -0.133. The zero-order chi connectivity index (χ0) is 24.6. The average Bonchev–Trinajstić information content (AvgIpc) is 2.83. The van der Waals surface area contributed by atoms with E-state index < -0.39 is 41.5 Å². The predicted octanol–water partition coefficient (Wildman–Crippen LogP) is 1.98. The number of halogens is 2. The van der Waals surface area contributed by atoms with Crippen LogP contribution in [0.4, 0.5) is 8.78 Å². The van der Waals surface area contributed by atoms with Gasteiger partial charge >= 0.3 is 0 Å². The summed E-state index contributed by atoms with van der Waals surface area (Å²) in [6.07, 6.45) is 1.24. The van der Waals surface area contributed by atoms with Crippen LogP contribution in [0.5, 0.6) is 5.75 Å². The van der Waals surface area contributed by atoms with Crippen molar-refractivity contribution in [2.45, 2.75) is 25.6 Å². The topological polar surface area (TPSA) is 101 Å². The first-order chi connectivity index (χ1) is 16.2. The Balaban J connectivity index is 1.65. The molecule has 1 aliphatic rings. The molecule has 34 heavy (non-hydrogen) atoms. The first-order valence-electron chi connectivity index (χ1n) is 10.6. The summed E-state index contributed by atoms with van der Waals surface area (Å²) >= 11 is 0. The molecule has 178 valence electrons. The summed E-state index contributed by atoms with van der Waals surface area (Å²) in [6.45, 7) is 1.29. The number of pyridine rings is 1. The molecule has 4 rings (SSSR count). The van der Waals surface area contributed by atoms with Gasteiger partial charge in [-0.25, -0.2) is 4.39 Å². The van der Waals surface area contributed by atoms with Gasteiger partial charge in [0.1, 0.15) is 18.2 Å². The van der Waals surface area contributed by atoms with E-state index in [0.717, 1.165) is 11.6 Å². The molecule has 3 aromatic rings. The summed E-state index contributed by atoms with van der Waals surface area (Å²) in [5, 5.41) is 11.9. The Labute approximate surface area is 193 Å². The number of hydrogen-bond acceptors (Lipinski definition) is 5. The van der Waals surface area contributed by atoms with Gasteiger partial charge in [-0.15, -0.1) is 0 Å². The van der Waals surface area contributed by atoms with Gasteiger partial charge in [0.2, 0.25) is 17.2 Å². The number of aliphatic hydroxyl groups excluding tert-OH is 1.